The van der Waals surface area contributed by atoms with Crippen molar-refractivity contribution in [2.24, 2.45) is 0 Å². The molecule has 5 nitrogen and oxygen atoms in total. The number of thioether (sulfide) groups is 1. The summed E-state index contributed by atoms with van der Waals surface area (Å²) in [5.74, 6) is -0.875. The minimum Gasteiger partial charge on any atom is -0.478 e. The lowest BCUT2D eigenvalue weighted by molar-refractivity contribution is -0.140. The number of nitrogens with zero attached hydrogens (tertiary/aromatic N) is 1. The number of rotatable bonds is 5. The molecule has 1 rings (SSSR count). The molecule has 0 aromatic carbocycles. The summed E-state index contributed by atoms with van der Waals surface area (Å²) in [5.41, 5.74) is 0.162. The number of ether oxygens (including phenoxy) is 1. The van der Waals surface area contributed by atoms with Gasteiger partial charge in [-0.1, -0.05) is 0 Å². The van der Waals surface area contributed by atoms with Gasteiger partial charge in [0, 0.05) is 18.9 Å². The Morgan fingerprint density at radius 2 is 2.31 bits per heavy atom. The zero-order valence-electron chi connectivity index (χ0n) is 8.67. The predicted molar refractivity (Wildman–Crippen MR) is 58.6 cm³/mol. The molecule has 0 aliphatic rings. The molecular weight excluding hydrogens is 230 g/mol. The van der Waals surface area contributed by atoms with E-state index in [0.29, 0.717) is 10.8 Å². The maximum absolute atomic E-state index is 10.8. The van der Waals surface area contributed by atoms with Gasteiger partial charge < -0.3 is 9.84 Å². The van der Waals surface area contributed by atoms with Crippen LogP contribution in [0.15, 0.2) is 23.4 Å². The highest BCUT2D eigenvalue weighted by molar-refractivity contribution is 7.99. The van der Waals surface area contributed by atoms with Crippen molar-refractivity contribution in [2.45, 2.75) is 11.9 Å². The van der Waals surface area contributed by atoms with Gasteiger partial charge in [0.25, 0.3) is 0 Å². The lowest BCUT2D eigenvalue weighted by atomic mass is 10.3. The zero-order valence-corrected chi connectivity index (χ0v) is 9.49. The maximum Gasteiger partial charge on any atom is 0.338 e. The molecule has 0 bridgehead atoms. The Labute approximate surface area is 96.8 Å². The minimum atomic E-state index is -1.01. The molecule has 0 radical (unpaired) electrons. The van der Waals surface area contributed by atoms with E-state index >= 15 is 0 Å². The summed E-state index contributed by atoms with van der Waals surface area (Å²) in [4.78, 5) is 25.3. The summed E-state index contributed by atoms with van der Waals surface area (Å²) in [5, 5.41) is 9.30. The molecular formula is C10H11NO4S. The average Bonchev–Trinajstić information content (AvgIpc) is 2.24. The summed E-state index contributed by atoms with van der Waals surface area (Å²) < 4.78 is 4.73. The van der Waals surface area contributed by atoms with Gasteiger partial charge in [-0.2, -0.15) is 0 Å². The smallest absolute Gasteiger partial charge is 0.338 e. The maximum atomic E-state index is 10.8. The quantitative estimate of drug-likeness (QED) is 0.477. The van der Waals surface area contributed by atoms with Crippen LogP contribution in [0.25, 0.3) is 0 Å². The first kappa shape index (κ1) is 12.5. The van der Waals surface area contributed by atoms with Crippen molar-refractivity contribution in [3.8, 4) is 0 Å². The van der Waals surface area contributed by atoms with E-state index in [0.717, 1.165) is 0 Å². The van der Waals surface area contributed by atoms with Crippen LogP contribution in [0.5, 0.6) is 0 Å². The highest BCUT2D eigenvalue weighted by atomic mass is 32.2. The van der Waals surface area contributed by atoms with Crippen LogP contribution in [-0.2, 0) is 9.53 Å². The standard InChI is InChI=1S/C10H11NO4S/c1-7(12)15-5-6-16-9-8(10(13)14)3-2-4-11-9/h2-4H,5-6H2,1H3,(H,13,14). The van der Waals surface area contributed by atoms with Crippen molar-refractivity contribution >= 4 is 23.7 Å². The second kappa shape index (κ2) is 6.12. The molecule has 0 amide bonds. The van der Waals surface area contributed by atoms with E-state index in [1.54, 1.807) is 6.07 Å². The highest BCUT2D eigenvalue weighted by Gasteiger charge is 2.10. The van der Waals surface area contributed by atoms with E-state index in [9.17, 15) is 9.59 Å². The predicted octanol–water partition coefficient (Wildman–Crippen LogP) is 1.44. The molecule has 6 heteroatoms. The summed E-state index contributed by atoms with van der Waals surface area (Å²) in [6.45, 7) is 1.57. The van der Waals surface area contributed by atoms with E-state index in [-0.39, 0.29) is 18.1 Å². The lowest BCUT2D eigenvalue weighted by Crippen LogP contribution is -2.04. The summed E-state index contributed by atoms with van der Waals surface area (Å²) in [6, 6.07) is 3.06. The van der Waals surface area contributed by atoms with E-state index in [1.807, 2.05) is 0 Å². The third kappa shape index (κ3) is 3.90. The van der Waals surface area contributed by atoms with Crippen molar-refractivity contribution < 1.29 is 19.4 Å². The molecule has 1 N–H and O–H groups in total. The van der Waals surface area contributed by atoms with Gasteiger partial charge in [-0.25, -0.2) is 9.78 Å². The van der Waals surface area contributed by atoms with Crippen LogP contribution in [0.2, 0.25) is 0 Å². The zero-order chi connectivity index (χ0) is 12.0. The molecule has 0 saturated heterocycles. The number of esters is 1. The van der Waals surface area contributed by atoms with Crippen LogP contribution < -0.4 is 0 Å². The monoisotopic (exact) mass is 241 g/mol. The molecule has 0 saturated carbocycles. The van der Waals surface area contributed by atoms with Gasteiger partial charge in [-0.3, -0.25) is 4.79 Å². The summed E-state index contributed by atoms with van der Waals surface area (Å²) >= 11 is 1.25. The molecule has 86 valence electrons. The minimum absolute atomic E-state index is 0.162. The van der Waals surface area contributed by atoms with Crippen LogP contribution in [0.4, 0.5) is 0 Å². The number of aromatic nitrogens is 1. The largest absolute Gasteiger partial charge is 0.478 e. The molecule has 0 spiro atoms. The number of carboxylic acids is 1. The number of pyridine rings is 1. The molecule has 1 aromatic rings. The van der Waals surface area contributed by atoms with Crippen LogP contribution in [0.1, 0.15) is 17.3 Å². The normalized spacial score (nSPS) is 9.81. The van der Waals surface area contributed by atoms with Gasteiger partial charge >= 0.3 is 11.9 Å². The van der Waals surface area contributed by atoms with E-state index in [4.69, 9.17) is 9.84 Å². The van der Waals surface area contributed by atoms with E-state index in [1.165, 1.54) is 30.9 Å². The lowest BCUT2D eigenvalue weighted by Gasteiger charge is -2.04. The fourth-order valence-corrected chi connectivity index (χ4v) is 1.80. The van der Waals surface area contributed by atoms with Crippen molar-refractivity contribution in [3.63, 3.8) is 0 Å². The first-order valence-corrected chi connectivity index (χ1v) is 5.54. The van der Waals surface area contributed by atoms with Crippen LogP contribution in [-0.4, -0.2) is 34.4 Å². The number of carbonyl (C=O) groups is 2. The van der Waals surface area contributed by atoms with Crippen LogP contribution in [0.3, 0.4) is 0 Å². The molecule has 0 fully saturated rings. The third-order valence-electron chi connectivity index (χ3n) is 1.63. The van der Waals surface area contributed by atoms with Crippen molar-refractivity contribution in [1.82, 2.24) is 4.98 Å². The Hall–Kier alpha value is -1.56. The number of carboxylic acid groups (broad SMARTS) is 1. The Balaban J connectivity index is 2.53. The van der Waals surface area contributed by atoms with Crippen LogP contribution >= 0.6 is 11.8 Å². The molecule has 1 aromatic heterocycles. The van der Waals surface area contributed by atoms with Gasteiger partial charge in [0.15, 0.2) is 0 Å². The van der Waals surface area contributed by atoms with Gasteiger partial charge in [0.05, 0.1) is 5.56 Å². The Kier molecular flexibility index (Phi) is 4.78. The second-order valence-corrected chi connectivity index (χ2v) is 3.93. The summed E-state index contributed by atoms with van der Waals surface area (Å²) in [6.07, 6.45) is 1.53. The SMILES string of the molecule is CC(=O)OCCSc1ncccc1C(=O)O. The number of hydrogen-bond acceptors (Lipinski definition) is 5. The summed E-state index contributed by atoms with van der Waals surface area (Å²) in [7, 11) is 0. The van der Waals surface area contributed by atoms with E-state index in [2.05, 4.69) is 4.98 Å². The molecule has 0 unspecified atom stereocenters. The first-order valence-electron chi connectivity index (χ1n) is 4.55. The van der Waals surface area contributed by atoms with Crippen LogP contribution in [0, 0.1) is 0 Å². The number of hydrogen-bond donors (Lipinski definition) is 1. The van der Waals surface area contributed by atoms with Gasteiger partial charge in [0.2, 0.25) is 0 Å². The molecule has 0 aliphatic heterocycles. The Bertz CT molecular complexity index is 394. The first-order chi connectivity index (χ1) is 7.61. The number of aromatic carboxylic acids is 1. The van der Waals surface area contributed by atoms with Gasteiger partial charge in [0.1, 0.15) is 11.6 Å². The van der Waals surface area contributed by atoms with Crippen molar-refractivity contribution in [1.29, 1.82) is 0 Å². The Morgan fingerprint density at radius 3 is 2.94 bits per heavy atom. The van der Waals surface area contributed by atoms with Crippen molar-refractivity contribution in [3.05, 3.63) is 23.9 Å². The molecule has 0 atom stereocenters. The fourth-order valence-electron chi connectivity index (χ4n) is 0.992. The fraction of sp³-hybridized carbons (Fsp3) is 0.300. The molecule has 0 aliphatic carbocycles. The topological polar surface area (TPSA) is 76.5 Å². The Morgan fingerprint density at radius 1 is 1.56 bits per heavy atom. The number of carbonyl (C=O) groups excluding carboxylic acids is 1. The third-order valence-corrected chi connectivity index (χ3v) is 2.60. The van der Waals surface area contributed by atoms with E-state index < -0.39 is 5.97 Å². The molecule has 16 heavy (non-hydrogen) atoms. The van der Waals surface area contributed by atoms with Gasteiger partial charge in [-0.15, -0.1) is 11.8 Å². The van der Waals surface area contributed by atoms with Crippen molar-refractivity contribution in [2.75, 3.05) is 12.4 Å². The average molecular weight is 241 g/mol. The highest BCUT2D eigenvalue weighted by Crippen LogP contribution is 2.19. The van der Waals surface area contributed by atoms with Gasteiger partial charge in [-0.05, 0) is 12.1 Å². The molecule has 1 heterocycles. The second-order valence-electron chi connectivity index (χ2n) is 2.85.